The molecule has 8 heteroatoms. The molecule has 1 fully saturated rings. The zero-order chi connectivity index (χ0) is 16.6. The maximum Gasteiger partial charge on any atom is 0.243 e. The van der Waals surface area contributed by atoms with E-state index in [9.17, 15) is 16.8 Å². The fraction of sp³-hybridized carbons (Fsp3) is 0.500. The van der Waals surface area contributed by atoms with Crippen LogP contribution in [0.5, 0.6) is 0 Å². The third kappa shape index (κ3) is 3.02. The van der Waals surface area contributed by atoms with Crippen molar-refractivity contribution < 1.29 is 16.8 Å². The van der Waals surface area contributed by atoms with Crippen molar-refractivity contribution in [3.8, 4) is 6.07 Å². The molecule has 0 N–H and O–H groups in total. The molecule has 0 bridgehead atoms. The normalized spacial score (nSPS) is 24.3. The highest BCUT2D eigenvalue weighted by Crippen LogP contribution is 2.33. The van der Waals surface area contributed by atoms with E-state index in [4.69, 9.17) is 5.26 Å². The molecule has 1 atom stereocenters. The van der Waals surface area contributed by atoms with Crippen LogP contribution >= 0.6 is 0 Å². The minimum Gasteiger partial charge on any atom is -0.229 e. The predicted octanol–water partition coefficient (Wildman–Crippen LogP) is 1.15. The first-order valence-corrected chi connectivity index (χ1v) is 10.1. The number of rotatable bonds is 4. The lowest BCUT2D eigenvalue weighted by Crippen LogP contribution is -2.50. The lowest BCUT2D eigenvalue weighted by atomic mass is 10.0. The summed E-state index contributed by atoms with van der Waals surface area (Å²) in [6, 6.07) is 7.67. The SMILES string of the molecule is CCN([C@@]1(C)CCS(=O)(=O)C1)S(=O)(=O)c1cccc(C#N)c1. The molecule has 0 unspecified atom stereocenters. The van der Waals surface area contributed by atoms with E-state index in [-0.39, 0.29) is 34.9 Å². The Morgan fingerprint density at radius 1 is 1.41 bits per heavy atom. The van der Waals surface area contributed by atoms with Crippen molar-refractivity contribution in [2.45, 2.75) is 30.7 Å². The van der Waals surface area contributed by atoms with Crippen LogP contribution in [0.4, 0.5) is 0 Å². The van der Waals surface area contributed by atoms with Crippen molar-refractivity contribution in [2.75, 3.05) is 18.1 Å². The third-order valence-electron chi connectivity index (χ3n) is 3.92. The summed E-state index contributed by atoms with van der Waals surface area (Å²) in [6.45, 7) is 3.51. The zero-order valence-electron chi connectivity index (χ0n) is 12.5. The van der Waals surface area contributed by atoms with Crippen molar-refractivity contribution >= 4 is 19.9 Å². The van der Waals surface area contributed by atoms with Gasteiger partial charge in [0.15, 0.2) is 9.84 Å². The van der Waals surface area contributed by atoms with Gasteiger partial charge in [-0.15, -0.1) is 0 Å². The van der Waals surface area contributed by atoms with Gasteiger partial charge in [-0.25, -0.2) is 16.8 Å². The van der Waals surface area contributed by atoms with Crippen molar-refractivity contribution in [2.24, 2.45) is 0 Å². The number of sulfone groups is 1. The molecule has 1 heterocycles. The molecule has 1 aromatic rings. The van der Waals surface area contributed by atoms with E-state index in [1.807, 2.05) is 6.07 Å². The summed E-state index contributed by atoms with van der Waals surface area (Å²) in [7, 11) is -7.08. The summed E-state index contributed by atoms with van der Waals surface area (Å²) in [5.74, 6) is -0.182. The van der Waals surface area contributed by atoms with Gasteiger partial charge in [-0.2, -0.15) is 9.57 Å². The Morgan fingerprint density at radius 2 is 2.09 bits per heavy atom. The maximum atomic E-state index is 12.9. The molecular formula is C14H18N2O4S2. The lowest BCUT2D eigenvalue weighted by Gasteiger charge is -2.35. The number of benzene rings is 1. The van der Waals surface area contributed by atoms with Crippen LogP contribution in [0.25, 0.3) is 0 Å². The maximum absolute atomic E-state index is 12.9. The molecule has 0 aliphatic carbocycles. The third-order valence-corrected chi connectivity index (χ3v) is 7.94. The summed E-state index contributed by atoms with van der Waals surface area (Å²) in [4.78, 5) is 0.0129. The minimum absolute atomic E-state index is 0.00620. The number of nitrogens with zero attached hydrogens (tertiary/aromatic N) is 2. The van der Waals surface area contributed by atoms with E-state index < -0.39 is 25.4 Å². The molecule has 1 aromatic carbocycles. The standard InChI is InChI=1S/C14H18N2O4S2/c1-3-16(14(2)7-8-21(17,18)11-14)22(19,20)13-6-4-5-12(9-13)10-15/h4-6,9H,3,7-8,11H2,1-2H3/t14-/m0/s1. The summed E-state index contributed by atoms with van der Waals surface area (Å²) >= 11 is 0. The van der Waals surface area contributed by atoms with E-state index in [2.05, 4.69) is 0 Å². The number of hydrogen-bond acceptors (Lipinski definition) is 5. The van der Waals surface area contributed by atoms with Crippen LogP contribution in [-0.4, -0.2) is 44.7 Å². The Hall–Kier alpha value is -1.43. The van der Waals surface area contributed by atoms with Gasteiger partial charge in [-0.05, 0) is 31.5 Å². The topological polar surface area (TPSA) is 95.3 Å². The largest absolute Gasteiger partial charge is 0.243 e. The van der Waals surface area contributed by atoms with Crippen LogP contribution in [0.1, 0.15) is 25.8 Å². The Bertz CT molecular complexity index is 825. The van der Waals surface area contributed by atoms with Crippen LogP contribution in [0.2, 0.25) is 0 Å². The molecule has 1 saturated heterocycles. The molecule has 22 heavy (non-hydrogen) atoms. The second kappa shape index (κ2) is 5.65. The van der Waals surface area contributed by atoms with Crippen LogP contribution in [0.15, 0.2) is 29.2 Å². The average Bonchev–Trinajstić information content (AvgIpc) is 2.73. The molecule has 0 spiro atoms. The highest BCUT2D eigenvalue weighted by Gasteiger charge is 2.47. The summed E-state index contributed by atoms with van der Waals surface area (Å²) in [6.07, 6.45) is 0.278. The Kier molecular flexibility index (Phi) is 4.35. The predicted molar refractivity (Wildman–Crippen MR) is 82.4 cm³/mol. The first-order valence-electron chi connectivity index (χ1n) is 6.88. The van der Waals surface area contributed by atoms with E-state index >= 15 is 0 Å². The lowest BCUT2D eigenvalue weighted by molar-refractivity contribution is 0.243. The van der Waals surface area contributed by atoms with Crippen LogP contribution in [0, 0.1) is 11.3 Å². The van der Waals surface area contributed by atoms with Gasteiger partial charge >= 0.3 is 0 Å². The van der Waals surface area contributed by atoms with Crippen LogP contribution in [-0.2, 0) is 19.9 Å². The smallest absolute Gasteiger partial charge is 0.229 e. The Labute approximate surface area is 131 Å². The number of hydrogen-bond donors (Lipinski definition) is 0. The first-order chi connectivity index (χ1) is 10.1. The molecule has 1 aliphatic heterocycles. The van der Waals surface area contributed by atoms with Gasteiger partial charge < -0.3 is 0 Å². The quantitative estimate of drug-likeness (QED) is 0.818. The summed E-state index contributed by atoms with van der Waals surface area (Å²) < 4.78 is 50.5. The number of sulfonamides is 1. The van der Waals surface area contributed by atoms with Gasteiger partial charge in [0, 0.05) is 12.1 Å². The van der Waals surface area contributed by atoms with E-state index in [1.54, 1.807) is 13.8 Å². The Balaban J connectivity index is 2.48. The van der Waals surface area contributed by atoms with E-state index in [0.717, 1.165) is 0 Å². The fourth-order valence-electron chi connectivity index (χ4n) is 2.89. The van der Waals surface area contributed by atoms with Crippen molar-refractivity contribution in [3.05, 3.63) is 29.8 Å². The molecule has 0 saturated carbocycles. The highest BCUT2D eigenvalue weighted by molar-refractivity contribution is 7.92. The van der Waals surface area contributed by atoms with Gasteiger partial charge in [0.05, 0.1) is 28.0 Å². The zero-order valence-corrected chi connectivity index (χ0v) is 14.1. The number of nitriles is 1. The molecule has 0 amide bonds. The molecule has 6 nitrogen and oxygen atoms in total. The molecular weight excluding hydrogens is 324 g/mol. The molecule has 120 valence electrons. The van der Waals surface area contributed by atoms with Gasteiger partial charge in [0.25, 0.3) is 0 Å². The van der Waals surface area contributed by atoms with Gasteiger partial charge in [0.2, 0.25) is 10.0 Å². The van der Waals surface area contributed by atoms with Gasteiger partial charge in [-0.1, -0.05) is 13.0 Å². The fourth-order valence-corrected chi connectivity index (χ4v) is 6.97. The Morgan fingerprint density at radius 3 is 2.59 bits per heavy atom. The van der Waals surface area contributed by atoms with Crippen molar-refractivity contribution in [1.82, 2.24) is 4.31 Å². The van der Waals surface area contributed by atoms with E-state index in [1.165, 1.54) is 28.6 Å². The monoisotopic (exact) mass is 342 g/mol. The average molecular weight is 342 g/mol. The molecule has 0 radical (unpaired) electrons. The second-order valence-electron chi connectivity index (χ2n) is 5.65. The minimum atomic E-state index is -3.86. The second-order valence-corrected chi connectivity index (χ2v) is 9.69. The summed E-state index contributed by atoms with van der Waals surface area (Å²) in [5.41, 5.74) is -0.698. The van der Waals surface area contributed by atoms with Crippen LogP contribution < -0.4 is 0 Å². The van der Waals surface area contributed by atoms with Gasteiger partial charge in [-0.3, -0.25) is 0 Å². The van der Waals surface area contributed by atoms with Gasteiger partial charge in [0.1, 0.15) is 0 Å². The summed E-state index contributed by atoms with van der Waals surface area (Å²) in [5, 5.41) is 8.92. The first kappa shape index (κ1) is 16.9. The van der Waals surface area contributed by atoms with Crippen LogP contribution in [0.3, 0.4) is 0 Å². The van der Waals surface area contributed by atoms with Crippen molar-refractivity contribution in [1.29, 1.82) is 5.26 Å². The van der Waals surface area contributed by atoms with Crippen molar-refractivity contribution in [3.63, 3.8) is 0 Å². The van der Waals surface area contributed by atoms with E-state index in [0.29, 0.717) is 0 Å². The molecule has 2 rings (SSSR count). The molecule has 1 aliphatic rings. The highest BCUT2D eigenvalue weighted by atomic mass is 32.2. The molecule has 0 aromatic heterocycles.